The van der Waals surface area contributed by atoms with E-state index < -0.39 is 0 Å². The van der Waals surface area contributed by atoms with Crippen LogP contribution < -0.4 is 11.1 Å². The molecular weight excluding hydrogens is 400 g/mol. The zero-order valence-electron chi connectivity index (χ0n) is 15.4. The molecule has 0 bridgehead atoms. The van der Waals surface area contributed by atoms with Gasteiger partial charge < -0.3 is 11.1 Å². The van der Waals surface area contributed by atoms with Crippen LogP contribution in [0.4, 0.5) is 11.8 Å². The van der Waals surface area contributed by atoms with Gasteiger partial charge in [-0.1, -0.05) is 30.3 Å². The van der Waals surface area contributed by atoms with E-state index in [0.717, 1.165) is 34.6 Å². The van der Waals surface area contributed by atoms with Crippen LogP contribution in [-0.2, 0) is 6.42 Å². The minimum Gasteiger partial charge on any atom is -0.383 e. The number of rotatable bonds is 6. The van der Waals surface area contributed by atoms with Crippen LogP contribution in [0.5, 0.6) is 0 Å². The van der Waals surface area contributed by atoms with Gasteiger partial charge >= 0.3 is 0 Å². The van der Waals surface area contributed by atoms with Crippen molar-refractivity contribution >= 4 is 45.5 Å². The van der Waals surface area contributed by atoms with Crippen molar-refractivity contribution < 1.29 is 0 Å². The molecule has 0 spiro atoms. The molecule has 3 N–H and O–H groups in total. The van der Waals surface area contributed by atoms with Gasteiger partial charge in [0.2, 0.25) is 5.95 Å². The summed E-state index contributed by atoms with van der Waals surface area (Å²) >= 11 is 3.38. The Morgan fingerprint density at radius 2 is 1.76 bits per heavy atom. The number of fused-ring (bicyclic) bond motifs is 1. The molecule has 29 heavy (non-hydrogen) atoms. The molecule has 0 saturated heterocycles. The first-order valence-corrected chi connectivity index (χ1v) is 11.0. The molecule has 144 valence electrons. The Morgan fingerprint density at radius 1 is 0.931 bits per heavy atom. The molecule has 1 aromatic carbocycles. The predicted octanol–water partition coefficient (Wildman–Crippen LogP) is 4.84. The second kappa shape index (κ2) is 7.65. The molecule has 5 rings (SSSR count). The Labute approximate surface area is 175 Å². The van der Waals surface area contributed by atoms with Crippen LogP contribution in [0.3, 0.4) is 0 Å². The lowest BCUT2D eigenvalue weighted by Gasteiger charge is -2.07. The fourth-order valence-corrected chi connectivity index (χ4v) is 4.63. The van der Waals surface area contributed by atoms with Gasteiger partial charge in [-0.3, -0.25) is 0 Å². The SMILES string of the molecule is Nc1c2c(-c3cccs3)nc(NCCc3cccs3)nc2nn1-c1ccccc1. The van der Waals surface area contributed by atoms with E-state index >= 15 is 0 Å². The van der Waals surface area contributed by atoms with Crippen molar-refractivity contribution in [1.82, 2.24) is 19.7 Å². The van der Waals surface area contributed by atoms with Gasteiger partial charge in [-0.05, 0) is 41.4 Å². The molecule has 0 atom stereocenters. The van der Waals surface area contributed by atoms with Crippen LogP contribution in [0, 0.1) is 0 Å². The van der Waals surface area contributed by atoms with Gasteiger partial charge in [-0.2, -0.15) is 4.98 Å². The molecule has 4 aromatic heterocycles. The lowest BCUT2D eigenvalue weighted by molar-refractivity contribution is 0.899. The summed E-state index contributed by atoms with van der Waals surface area (Å²) in [5.74, 6) is 1.11. The lowest BCUT2D eigenvalue weighted by atomic mass is 10.2. The first kappa shape index (κ1) is 17.8. The molecule has 0 radical (unpaired) electrons. The fraction of sp³-hybridized carbons (Fsp3) is 0.0952. The maximum atomic E-state index is 6.50. The Balaban J connectivity index is 1.57. The van der Waals surface area contributed by atoms with Crippen LogP contribution in [-0.4, -0.2) is 26.3 Å². The van der Waals surface area contributed by atoms with E-state index in [2.05, 4.69) is 32.9 Å². The van der Waals surface area contributed by atoms with Crippen molar-refractivity contribution in [1.29, 1.82) is 0 Å². The minimum absolute atomic E-state index is 0.541. The monoisotopic (exact) mass is 418 g/mol. The number of anilines is 2. The number of nitrogens with two attached hydrogens (primary N) is 1. The number of para-hydroxylation sites is 1. The van der Waals surface area contributed by atoms with E-state index in [9.17, 15) is 0 Å². The number of nitrogen functional groups attached to an aromatic ring is 1. The van der Waals surface area contributed by atoms with E-state index in [-0.39, 0.29) is 0 Å². The van der Waals surface area contributed by atoms with Crippen molar-refractivity contribution in [3.63, 3.8) is 0 Å². The third-order valence-electron chi connectivity index (χ3n) is 4.56. The van der Waals surface area contributed by atoms with E-state index in [0.29, 0.717) is 17.4 Å². The van der Waals surface area contributed by atoms with Gasteiger partial charge in [-0.25, -0.2) is 9.67 Å². The Bertz CT molecular complexity index is 1230. The summed E-state index contributed by atoms with van der Waals surface area (Å²) in [6.45, 7) is 0.755. The molecule has 8 heteroatoms. The number of nitrogens with zero attached hydrogens (tertiary/aromatic N) is 4. The molecule has 5 aromatic rings. The first-order valence-electron chi connectivity index (χ1n) is 9.21. The third-order valence-corrected chi connectivity index (χ3v) is 6.37. The van der Waals surface area contributed by atoms with Crippen LogP contribution >= 0.6 is 22.7 Å². The maximum absolute atomic E-state index is 6.50. The Hall–Kier alpha value is -3.23. The zero-order chi connectivity index (χ0) is 19.6. The lowest BCUT2D eigenvalue weighted by Crippen LogP contribution is -2.08. The summed E-state index contributed by atoms with van der Waals surface area (Å²) in [7, 11) is 0. The van der Waals surface area contributed by atoms with Gasteiger partial charge in [0.15, 0.2) is 5.65 Å². The summed E-state index contributed by atoms with van der Waals surface area (Å²) in [6.07, 6.45) is 0.925. The Kier molecular flexibility index (Phi) is 4.71. The standard InChI is InChI=1S/C21H18N6S2/c22-19-17-18(16-9-5-13-29-16)24-21(23-11-10-15-8-4-12-28-15)25-20(17)26-27(19)14-6-2-1-3-7-14/h1-9,12-13H,10-11,22H2,(H,23,25,26). The third kappa shape index (κ3) is 3.48. The van der Waals surface area contributed by atoms with Gasteiger partial charge in [0, 0.05) is 11.4 Å². The summed E-state index contributed by atoms with van der Waals surface area (Å²) in [4.78, 5) is 11.8. The normalized spacial score (nSPS) is 11.2. The summed E-state index contributed by atoms with van der Waals surface area (Å²) in [5.41, 5.74) is 8.79. The molecule has 0 amide bonds. The van der Waals surface area contributed by atoms with Crippen LogP contribution in [0.2, 0.25) is 0 Å². The summed E-state index contributed by atoms with van der Waals surface area (Å²) in [5, 5.41) is 12.9. The molecule has 0 aliphatic heterocycles. The van der Waals surface area contributed by atoms with Crippen molar-refractivity contribution in [2.45, 2.75) is 6.42 Å². The molecule has 0 fully saturated rings. The highest BCUT2D eigenvalue weighted by molar-refractivity contribution is 7.13. The molecular formula is C21H18N6S2. The van der Waals surface area contributed by atoms with Gasteiger partial charge in [0.1, 0.15) is 5.82 Å². The second-order valence-corrected chi connectivity index (χ2v) is 8.44. The van der Waals surface area contributed by atoms with Gasteiger partial charge in [0.05, 0.1) is 21.6 Å². The second-order valence-electron chi connectivity index (χ2n) is 6.46. The van der Waals surface area contributed by atoms with Crippen molar-refractivity contribution in [3.8, 4) is 16.3 Å². The number of nitrogens with one attached hydrogen (secondary N) is 1. The average Bonchev–Trinajstić information content (AvgIpc) is 3.50. The highest BCUT2D eigenvalue weighted by Crippen LogP contribution is 2.34. The molecule has 0 aliphatic carbocycles. The zero-order valence-corrected chi connectivity index (χ0v) is 17.1. The maximum Gasteiger partial charge on any atom is 0.225 e. The van der Waals surface area contributed by atoms with E-state index in [1.54, 1.807) is 27.4 Å². The molecule has 0 aliphatic rings. The predicted molar refractivity (Wildman–Crippen MR) is 121 cm³/mol. The largest absolute Gasteiger partial charge is 0.383 e. The molecule has 0 saturated carbocycles. The average molecular weight is 419 g/mol. The number of thiophene rings is 2. The van der Waals surface area contributed by atoms with Crippen LogP contribution in [0.25, 0.3) is 27.3 Å². The first-order chi connectivity index (χ1) is 14.3. The van der Waals surface area contributed by atoms with Gasteiger partial charge in [0.25, 0.3) is 0 Å². The number of hydrogen-bond donors (Lipinski definition) is 2. The number of hydrogen-bond acceptors (Lipinski definition) is 7. The number of aromatic nitrogens is 4. The highest BCUT2D eigenvalue weighted by Gasteiger charge is 2.19. The van der Waals surface area contributed by atoms with E-state index in [1.165, 1.54) is 4.88 Å². The summed E-state index contributed by atoms with van der Waals surface area (Å²) in [6, 6.07) is 18.1. The smallest absolute Gasteiger partial charge is 0.225 e. The van der Waals surface area contributed by atoms with Crippen LogP contribution in [0.1, 0.15) is 4.88 Å². The molecule has 0 unspecified atom stereocenters. The highest BCUT2D eigenvalue weighted by atomic mass is 32.1. The van der Waals surface area contributed by atoms with E-state index in [1.807, 2.05) is 47.8 Å². The number of benzene rings is 1. The van der Waals surface area contributed by atoms with Crippen LogP contribution in [0.15, 0.2) is 65.4 Å². The van der Waals surface area contributed by atoms with Crippen molar-refractivity contribution in [2.75, 3.05) is 17.6 Å². The topological polar surface area (TPSA) is 81.7 Å². The minimum atomic E-state index is 0.541. The van der Waals surface area contributed by atoms with Crippen molar-refractivity contribution in [3.05, 3.63) is 70.2 Å². The summed E-state index contributed by atoms with van der Waals surface area (Å²) < 4.78 is 1.73. The fourth-order valence-electron chi connectivity index (χ4n) is 3.20. The van der Waals surface area contributed by atoms with Gasteiger partial charge in [-0.15, -0.1) is 27.8 Å². The molecule has 6 nitrogen and oxygen atoms in total. The quantitative estimate of drug-likeness (QED) is 0.412. The van der Waals surface area contributed by atoms with E-state index in [4.69, 9.17) is 10.7 Å². The molecule has 4 heterocycles. The van der Waals surface area contributed by atoms with Crippen molar-refractivity contribution in [2.24, 2.45) is 0 Å². The Morgan fingerprint density at radius 3 is 2.52 bits per heavy atom.